The Morgan fingerprint density at radius 3 is 2.64 bits per heavy atom. The molecule has 0 spiro atoms. The highest BCUT2D eigenvalue weighted by Crippen LogP contribution is 2.23. The number of aromatic nitrogens is 3. The first-order valence-corrected chi connectivity index (χ1v) is 9.03. The van der Waals surface area contributed by atoms with E-state index in [1.807, 2.05) is 23.6 Å². The zero-order valence-corrected chi connectivity index (χ0v) is 15.6. The maximum atomic E-state index is 12.2. The summed E-state index contributed by atoms with van der Waals surface area (Å²) in [6.45, 7) is 7.84. The molecule has 1 aromatic carbocycles. The number of nitrogens with zero attached hydrogens (tertiary/aromatic N) is 4. The number of rotatable bonds is 5. The van der Waals surface area contributed by atoms with Gasteiger partial charge in [0.05, 0.1) is 5.69 Å². The second-order valence-corrected chi connectivity index (χ2v) is 7.70. The van der Waals surface area contributed by atoms with Crippen molar-refractivity contribution in [2.45, 2.75) is 38.4 Å². The predicted octanol–water partition coefficient (Wildman–Crippen LogP) is 2.31. The van der Waals surface area contributed by atoms with Crippen LogP contribution in [0.4, 0.5) is 4.79 Å². The number of aryl methyl sites for hydroxylation is 2. The molecule has 2 heterocycles. The summed E-state index contributed by atoms with van der Waals surface area (Å²) in [6.07, 6.45) is 1.68. The van der Waals surface area contributed by atoms with E-state index in [1.165, 1.54) is 22.2 Å². The van der Waals surface area contributed by atoms with Gasteiger partial charge in [-0.3, -0.25) is 14.3 Å². The molecule has 1 N–H and O–H groups in total. The van der Waals surface area contributed by atoms with Gasteiger partial charge in [0, 0.05) is 12.3 Å². The second kappa shape index (κ2) is 6.51. The van der Waals surface area contributed by atoms with Gasteiger partial charge in [0.2, 0.25) is 0 Å². The van der Waals surface area contributed by atoms with Crippen LogP contribution < -0.4 is 5.32 Å². The van der Waals surface area contributed by atoms with Gasteiger partial charge in [-0.2, -0.15) is 0 Å². The van der Waals surface area contributed by atoms with Gasteiger partial charge in [-0.15, -0.1) is 10.2 Å². The van der Waals surface area contributed by atoms with Gasteiger partial charge < -0.3 is 5.32 Å². The van der Waals surface area contributed by atoms with Crippen molar-refractivity contribution in [3.8, 4) is 5.69 Å². The summed E-state index contributed by atoms with van der Waals surface area (Å²) in [5.74, 6) is 0.354. The van der Waals surface area contributed by atoms with Crippen LogP contribution in [0.25, 0.3) is 5.69 Å². The van der Waals surface area contributed by atoms with E-state index in [9.17, 15) is 9.59 Å². The highest BCUT2D eigenvalue weighted by molar-refractivity contribution is 7.99. The van der Waals surface area contributed by atoms with Crippen molar-refractivity contribution in [2.24, 2.45) is 0 Å². The monoisotopic (exact) mass is 359 g/mol. The van der Waals surface area contributed by atoms with E-state index in [0.29, 0.717) is 12.3 Å². The third kappa shape index (κ3) is 3.39. The van der Waals surface area contributed by atoms with Gasteiger partial charge >= 0.3 is 6.03 Å². The summed E-state index contributed by atoms with van der Waals surface area (Å²) < 4.78 is 1.93. The van der Waals surface area contributed by atoms with Crippen molar-refractivity contribution < 1.29 is 9.59 Å². The highest BCUT2D eigenvalue weighted by Gasteiger charge is 2.43. The molecule has 132 valence electrons. The van der Waals surface area contributed by atoms with Crippen LogP contribution in [-0.4, -0.2) is 49.4 Å². The summed E-state index contributed by atoms with van der Waals surface area (Å²) in [5.41, 5.74) is 2.53. The molecule has 7 nitrogen and oxygen atoms in total. The van der Waals surface area contributed by atoms with Gasteiger partial charge in [-0.05, 0) is 39.3 Å². The van der Waals surface area contributed by atoms with Gasteiger partial charge in [0.1, 0.15) is 11.9 Å². The maximum Gasteiger partial charge on any atom is 0.325 e. The lowest BCUT2D eigenvalue weighted by Gasteiger charge is -2.15. The number of carbonyl (C=O) groups excluding carboxylic acids is 2. The fraction of sp³-hybridized carbons (Fsp3) is 0.412. The van der Waals surface area contributed by atoms with E-state index >= 15 is 0 Å². The normalized spacial score (nSPS) is 16.4. The standard InChI is InChI=1S/C17H21N5O2S/c1-11-5-6-13(12(2)9-11)22-10-18-20-16(22)25-8-7-21-14(23)17(3,4)19-15(21)24/h5-6,9-10H,7-8H2,1-4H3,(H,19,24). The van der Waals surface area contributed by atoms with E-state index in [4.69, 9.17) is 0 Å². The average Bonchev–Trinajstić information content (AvgIpc) is 3.05. The van der Waals surface area contributed by atoms with Crippen molar-refractivity contribution in [3.63, 3.8) is 0 Å². The van der Waals surface area contributed by atoms with Crippen molar-refractivity contribution in [2.75, 3.05) is 12.3 Å². The van der Waals surface area contributed by atoms with Crippen LogP contribution in [-0.2, 0) is 4.79 Å². The Kier molecular flexibility index (Phi) is 4.55. The van der Waals surface area contributed by atoms with Gasteiger partial charge in [0.25, 0.3) is 5.91 Å². The number of thioether (sulfide) groups is 1. The fourth-order valence-electron chi connectivity index (χ4n) is 2.81. The van der Waals surface area contributed by atoms with Crippen LogP contribution >= 0.6 is 11.8 Å². The molecule has 0 atom stereocenters. The summed E-state index contributed by atoms with van der Waals surface area (Å²) in [6, 6.07) is 5.86. The van der Waals surface area contributed by atoms with Crippen LogP contribution in [0.15, 0.2) is 29.7 Å². The molecule has 1 fully saturated rings. The molecule has 2 aromatic rings. The quantitative estimate of drug-likeness (QED) is 0.654. The Labute approximate surface area is 150 Å². The van der Waals surface area contributed by atoms with Crippen molar-refractivity contribution in [1.29, 1.82) is 0 Å². The minimum absolute atomic E-state index is 0.200. The van der Waals surface area contributed by atoms with Crippen molar-refractivity contribution in [1.82, 2.24) is 25.0 Å². The van der Waals surface area contributed by atoms with Crippen LogP contribution in [0.2, 0.25) is 0 Å². The molecule has 3 rings (SSSR count). The van der Waals surface area contributed by atoms with Crippen molar-refractivity contribution in [3.05, 3.63) is 35.7 Å². The number of amides is 3. The number of benzene rings is 1. The smallest absolute Gasteiger partial charge is 0.324 e. The first kappa shape index (κ1) is 17.5. The Morgan fingerprint density at radius 2 is 2.00 bits per heavy atom. The topological polar surface area (TPSA) is 80.1 Å². The molecular weight excluding hydrogens is 338 g/mol. The van der Waals surface area contributed by atoms with Crippen LogP contribution in [0.5, 0.6) is 0 Å². The summed E-state index contributed by atoms with van der Waals surface area (Å²) >= 11 is 1.47. The minimum atomic E-state index is -0.833. The molecule has 0 unspecified atom stereocenters. The van der Waals surface area contributed by atoms with E-state index in [2.05, 4.69) is 28.5 Å². The zero-order chi connectivity index (χ0) is 18.2. The van der Waals surface area contributed by atoms with E-state index < -0.39 is 5.54 Å². The number of hydrogen-bond acceptors (Lipinski definition) is 5. The SMILES string of the molecule is Cc1ccc(-n2cnnc2SCCN2C(=O)NC(C)(C)C2=O)c(C)c1. The van der Waals surface area contributed by atoms with Crippen molar-refractivity contribution >= 4 is 23.7 Å². The first-order valence-electron chi connectivity index (χ1n) is 8.04. The third-order valence-corrected chi connectivity index (χ3v) is 5.04. The molecule has 1 saturated heterocycles. The molecule has 0 saturated carbocycles. The fourth-order valence-corrected chi connectivity index (χ4v) is 3.66. The summed E-state index contributed by atoms with van der Waals surface area (Å²) in [5, 5.41) is 11.6. The number of hydrogen-bond donors (Lipinski definition) is 1. The Balaban J connectivity index is 1.69. The summed E-state index contributed by atoms with van der Waals surface area (Å²) in [7, 11) is 0. The van der Waals surface area contributed by atoms with Crippen LogP contribution in [0.1, 0.15) is 25.0 Å². The van der Waals surface area contributed by atoms with Gasteiger partial charge in [-0.1, -0.05) is 29.5 Å². The lowest BCUT2D eigenvalue weighted by Crippen LogP contribution is -2.40. The van der Waals surface area contributed by atoms with Crippen LogP contribution in [0, 0.1) is 13.8 Å². The van der Waals surface area contributed by atoms with E-state index in [-0.39, 0.29) is 11.9 Å². The summed E-state index contributed by atoms with van der Waals surface area (Å²) in [4.78, 5) is 25.4. The van der Waals surface area contributed by atoms with Gasteiger partial charge in [0.15, 0.2) is 5.16 Å². The predicted molar refractivity (Wildman–Crippen MR) is 95.9 cm³/mol. The first-order chi connectivity index (χ1) is 11.8. The number of imide groups is 1. The average molecular weight is 359 g/mol. The minimum Gasteiger partial charge on any atom is -0.324 e. The highest BCUT2D eigenvalue weighted by atomic mass is 32.2. The molecule has 1 aliphatic heterocycles. The lowest BCUT2D eigenvalue weighted by molar-refractivity contribution is -0.130. The number of carbonyl (C=O) groups is 2. The number of nitrogens with one attached hydrogen (secondary N) is 1. The molecule has 25 heavy (non-hydrogen) atoms. The largest absolute Gasteiger partial charge is 0.325 e. The van der Waals surface area contributed by atoms with E-state index in [1.54, 1.807) is 20.2 Å². The molecule has 1 aliphatic rings. The Hall–Kier alpha value is -2.35. The van der Waals surface area contributed by atoms with Gasteiger partial charge in [-0.25, -0.2) is 4.79 Å². The molecular formula is C17H21N5O2S. The molecule has 0 aliphatic carbocycles. The zero-order valence-electron chi connectivity index (χ0n) is 14.7. The maximum absolute atomic E-state index is 12.2. The molecule has 0 radical (unpaired) electrons. The second-order valence-electron chi connectivity index (χ2n) is 6.63. The molecule has 8 heteroatoms. The molecule has 1 aromatic heterocycles. The van der Waals surface area contributed by atoms with Crippen LogP contribution in [0.3, 0.4) is 0 Å². The molecule has 0 bridgehead atoms. The Bertz CT molecular complexity index is 830. The molecule has 3 amide bonds. The number of urea groups is 1. The third-order valence-electron chi connectivity index (χ3n) is 4.12. The van der Waals surface area contributed by atoms with E-state index in [0.717, 1.165) is 16.4 Å². The Morgan fingerprint density at radius 1 is 1.24 bits per heavy atom. The lowest BCUT2D eigenvalue weighted by atomic mass is 10.1.